The molecule has 0 amide bonds. The maximum absolute atomic E-state index is 5.94. The van der Waals surface area contributed by atoms with Gasteiger partial charge in [0.25, 0.3) is 0 Å². The van der Waals surface area contributed by atoms with Crippen molar-refractivity contribution >= 4 is 23.1 Å². The van der Waals surface area contributed by atoms with E-state index in [-0.39, 0.29) is 50.9 Å². The van der Waals surface area contributed by atoms with Gasteiger partial charge in [0.1, 0.15) is 0 Å². The van der Waals surface area contributed by atoms with E-state index in [0.29, 0.717) is 5.92 Å². The zero-order valence-electron chi connectivity index (χ0n) is 14.9. The Hall–Kier alpha value is 0.266. The summed E-state index contributed by atoms with van der Waals surface area (Å²) in [6, 6.07) is 7.71. The maximum atomic E-state index is 5.94. The molecular formula is C18H29BrMgO. The van der Waals surface area contributed by atoms with Crippen molar-refractivity contribution < 1.29 is 21.7 Å². The third-order valence-electron chi connectivity index (χ3n) is 3.14. The minimum Gasteiger partial charge on any atom is -1.00 e. The summed E-state index contributed by atoms with van der Waals surface area (Å²) < 4.78 is 5.94. The van der Waals surface area contributed by atoms with Gasteiger partial charge in [0.05, 0.1) is 6.61 Å². The van der Waals surface area contributed by atoms with Gasteiger partial charge in [0.15, 0.2) is 0 Å². The molecule has 0 bridgehead atoms. The predicted octanol–water partition coefficient (Wildman–Crippen LogP) is 1.74. The number of hydrogen-bond donors (Lipinski definition) is 0. The molecule has 3 heteroatoms. The fraction of sp³-hybridized carbons (Fsp3) is 0.667. The van der Waals surface area contributed by atoms with E-state index in [2.05, 4.69) is 73.6 Å². The van der Waals surface area contributed by atoms with Crippen LogP contribution in [0.5, 0.6) is 5.75 Å². The van der Waals surface area contributed by atoms with Gasteiger partial charge in [-0.3, -0.25) is 0 Å². The summed E-state index contributed by atoms with van der Waals surface area (Å²) in [5.41, 5.74) is 2.78. The van der Waals surface area contributed by atoms with Gasteiger partial charge in [-0.25, -0.2) is 0 Å². The van der Waals surface area contributed by atoms with Crippen molar-refractivity contribution in [3.05, 3.63) is 29.3 Å². The maximum Gasteiger partial charge on any atom is 2.00 e. The Morgan fingerprint density at radius 1 is 1.05 bits per heavy atom. The second kappa shape index (κ2) is 8.78. The Morgan fingerprint density at radius 3 is 1.95 bits per heavy atom. The summed E-state index contributed by atoms with van der Waals surface area (Å²) in [7, 11) is 0. The fourth-order valence-corrected chi connectivity index (χ4v) is 1.84. The summed E-state index contributed by atoms with van der Waals surface area (Å²) in [6.45, 7) is 18.5. The first-order valence-electron chi connectivity index (χ1n) is 7.21. The van der Waals surface area contributed by atoms with Gasteiger partial charge in [-0.2, -0.15) is 17.7 Å². The van der Waals surface area contributed by atoms with E-state index in [1.807, 2.05) is 0 Å². The third kappa shape index (κ3) is 7.38. The van der Waals surface area contributed by atoms with Gasteiger partial charge in [-0.05, 0) is 5.92 Å². The van der Waals surface area contributed by atoms with Crippen molar-refractivity contribution in [3.8, 4) is 5.75 Å². The van der Waals surface area contributed by atoms with Gasteiger partial charge in [0.2, 0.25) is 0 Å². The van der Waals surface area contributed by atoms with E-state index >= 15 is 0 Å². The molecule has 0 fully saturated rings. The van der Waals surface area contributed by atoms with Crippen molar-refractivity contribution in [2.75, 3.05) is 6.61 Å². The van der Waals surface area contributed by atoms with E-state index in [4.69, 9.17) is 4.74 Å². The molecule has 1 nitrogen and oxygen atoms in total. The molecule has 0 saturated heterocycles. The molecule has 0 aromatic heterocycles. The first kappa shape index (κ1) is 23.5. The largest absolute Gasteiger partial charge is 2.00 e. The molecule has 0 aliphatic carbocycles. The summed E-state index contributed by atoms with van der Waals surface area (Å²) in [5, 5.41) is 0. The van der Waals surface area contributed by atoms with E-state index in [9.17, 15) is 0 Å². The molecule has 0 spiro atoms. The fourth-order valence-electron chi connectivity index (χ4n) is 1.84. The Bertz CT molecular complexity index is 428. The minimum atomic E-state index is 0. The van der Waals surface area contributed by atoms with Gasteiger partial charge in [-0.1, -0.05) is 66.2 Å². The zero-order chi connectivity index (χ0) is 14.8. The van der Waals surface area contributed by atoms with Crippen LogP contribution in [0.4, 0.5) is 0 Å². The van der Waals surface area contributed by atoms with Crippen LogP contribution in [0, 0.1) is 12.0 Å². The van der Waals surface area contributed by atoms with Gasteiger partial charge in [0, 0.05) is 5.75 Å². The average Bonchev–Trinajstić information content (AvgIpc) is 2.23. The minimum absolute atomic E-state index is 0. The first-order valence-corrected chi connectivity index (χ1v) is 7.21. The Morgan fingerprint density at radius 2 is 1.57 bits per heavy atom. The van der Waals surface area contributed by atoms with E-state index in [1.165, 1.54) is 11.1 Å². The summed E-state index contributed by atoms with van der Waals surface area (Å²) in [4.78, 5) is 0. The molecular weight excluding hydrogens is 336 g/mol. The van der Waals surface area contributed by atoms with Gasteiger partial charge in [-0.15, -0.1) is 11.6 Å². The van der Waals surface area contributed by atoms with Crippen molar-refractivity contribution in [1.29, 1.82) is 0 Å². The molecule has 0 N–H and O–H groups in total. The van der Waals surface area contributed by atoms with Crippen LogP contribution in [-0.4, -0.2) is 29.7 Å². The van der Waals surface area contributed by atoms with Crippen LogP contribution in [0.25, 0.3) is 0 Å². The van der Waals surface area contributed by atoms with Crippen LogP contribution in [0.2, 0.25) is 0 Å². The van der Waals surface area contributed by atoms with Crippen LogP contribution >= 0.6 is 0 Å². The Kier molecular flexibility index (Phi) is 9.84. The first-order chi connectivity index (χ1) is 8.51. The summed E-state index contributed by atoms with van der Waals surface area (Å²) in [5.74, 6) is 1.44. The number of rotatable bonds is 3. The van der Waals surface area contributed by atoms with E-state index < -0.39 is 0 Å². The monoisotopic (exact) mass is 364 g/mol. The van der Waals surface area contributed by atoms with Crippen molar-refractivity contribution in [2.45, 2.75) is 66.2 Å². The molecule has 0 aliphatic rings. The van der Waals surface area contributed by atoms with Crippen molar-refractivity contribution in [3.63, 3.8) is 0 Å². The van der Waals surface area contributed by atoms with E-state index in [0.717, 1.165) is 12.4 Å². The SMILES string of the molecule is CC(C)COc1[c-]cc(C(C)(C)C)cc1C(C)(C)C.[Br-].[Mg+2]. The van der Waals surface area contributed by atoms with E-state index in [1.54, 1.807) is 0 Å². The summed E-state index contributed by atoms with van der Waals surface area (Å²) >= 11 is 0. The molecule has 0 aliphatic heterocycles. The van der Waals surface area contributed by atoms with Gasteiger partial charge >= 0.3 is 23.1 Å². The summed E-state index contributed by atoms with van der Waals surface area (Å²) in [6.07, 6.45) is 0. The van der Waals surface area contributed by atoms with Gasteiger partial charge < -0.3 is 21.7 Å². The topological polar surface area (TPSA) is 9.23 Å². The Balaban J connectivity index is 0. The van der Waals surface area contributed by atoms with Crippen LogP contribution in [0.1, 0.15) is 66.5 Å². The Labute approximate surface area is 158 Å². The molecule has 0 unspecified atom stereocenters. The molecule has 1 rings (SSSR count). The average molecular weight is 366 g/mol. The molecule has 0 atom stereocenters. The normalized spacial score (nSPS) is 11.7. The molecule has 0 saturated carbocycles. The molecule has 21 heavy (non-hydrogen) atoms. The standard InChI is InChI=1S/C18H29O.BrH.Mg/c1-13(2)12-19-16-10-9-14(17(3,4)5)11-15(16)18(6,7)8;;/h9,11,13H,12H2,1-8H3;1H;/q-1;;+2/p-1. The number of hydrogen-bond acceptors (Lipinski definition) is 1. The number of ether oxygens (including phenoxy) is 1. The molecule has 0 radical (unpaired) electrons. The van der Waals surface area contributed by atoms with Crippen LogP contribution in [-0.2, 0) is 10.8 Å². The second-order valence-corrected chi connectivity index (χ2v) is 7.84. The quantitative estimate of drug-likeness (QED) is 0.586. The van der Waals surface area contributed by atoms with Crippen LogP contribution in [0.3, 0.4) is 0 Å². The molecule has 116 valence electrons. The molecule has 1 aromatic rings. The molecule has 0 heterocycles. The van der Waals surface area contributed by atoms with Crippen molar-refractivity contribution in [1.82, 2.24) is 0 Å². The predicted molar refractivity (Wildman–Crippen MR) is 88.8 cm³/mol. The number of benzene rings is 1. The third-order valence-corrected chi connectivity index (χ3v) is 3.14. The molecule has 1 aromatic carbocycles. The van der Waals surface area contributed by atoms with Crippen molar-refractivity contribution in [2.24, 2.45) is 5.92 Å². The van der Waals surface area contributed by atoms with Crippen LogP contribution < -0.4 is 21.7 Å². The number of halogens is 1. The second-order valence-electron chi connectivity index (χ2n) is 7.84. The van der Waals surface area contributed by atoms with Crippen LogP contribution in [0.15, 0.2) is 12.1 Å². The zero-order valence-corrected chi connectivity index (χ0v) is 17.9. The smallest absolute Gasteiger partial charge is 1.00 e.